The van der Waals surface area contributed by atoms with E-state index in [9.17, 15) is 13.0 Å². The molecular weight excluding hydrogens is 347 g/mol. The molecule has 0 heterocycles. The fraction of sp³-hybridized carbons (Fsp3) is 0.474. The average Bonchev–Trinajstić information content (AvgIpc) is 2.74. The van der Waals surface area contributed by atoms with Crippen LogP contribution < -0.4 is 4.74 Å². The van der Waals surface area contributed by atoms with Crippen LogP contribution >= 0.6 is 0 Å². The Morgan fingerprint density at radius 3 is 2.36 bits per heavy atom. The van der Waals surface area contributed by atoms with Crippen molar-refractivity contribution in [1.82, 2.24) is 0 Å². The molecule has 0 saturated heterocycles. The molecule has 2 aliphatic carbocycles. The second-order valence-corrected chi connectivity index (χ2v) is 7.85. The number of ether oxygens (including phenoxy) is 1. The van der Waals surface area contributed by atoms with Crippen molar-refractivity contribution in [2.45, 2.75) is 57.3 Å². The zero-order valence-electron chi connectivity index (χ0n) is 14.8. The molecule has 0 amide bonds. The number of fused-ring (bicyclic) bond motifs is 1. The van der Waals surface area contributed by atoms with E-state index in [0.29, 0.717) is 11.3 Å². The molecule has 25 heavy (non-hydrogen) atoms. The Morgan fingerprint density at radius 1 is 1.16 bits per heavy atom. The van der Waals surface area contributed by atoms with Crippen molar-refractivity contribution in [1.29, 1.82) is 0 Å². The van der Waals surface area contributed by atoms with Crippen molar-refractivity contribution in [2.75, 3.05) is 7.11 Å². The third-order valence-corrected chi connectivity index (χ3v) is 5.25. The predicted octanol–water partition coefficient (Wildman–Crippen LogP) is 4.25. The van der Waals surface area contributed by atoms with Gasteiger partial charge in [-0.05, 0) is 48.1 Å². The Balaban J connectivity index is 0.00000312. The standard InChI is InChI=1S/C19H26O4S.Na.H/c1-5-6-7-8-15-12-18(24(20,21)22)16-11-14(13(2)3)9-10-17(23-4)19(15)16;;/h9-13H,5-8H2,1-4H3,(H,20,21,22);;. The Kier molecular flexibility index (Phi) is 8.42. The fourth-order valence-electron chi connectivity index (χ4n) is 3.01. The van der Waals surface area contributed by atoms with Crippen LogP contribution in [-0.4, -0.2) is 49.6 Å². The number of hydrogen-bond acceptors (Lipinski definition) is 3. The van der Waals surface area contributed by atoms with Crippen LogP contribution in [0.5, 0.6) is 5.75 Å². The van der Waals surface area contributed by atoms with Gasteiger partial charge >= 0.3 is 29.6 Å². The van der Waals surface area contributed by atoms with Gasteiger partial charge < -0.3 is 4.74 Å². The van der Waals surface area contributed by atoms with Crippen molar-refractivity contribution in [2.24, 2.45) is 0 Å². The minimum atomic E-state index is -4.29. The quantitative estimate of drug-likeness (QED) is 0.447. The summed E-state index contributed by atoms with van der Waals surface area (Å²) in [6.45, 7) is 6.22. The summed E-state index contributed by atoms with van der Waals surface area (Å²) in [5.74, 6) is 0.872. The molecule has 6 heteroatoms. The summed E-state index contributed by atoms with van der Waals surface area (Å²) in [6.07, 6.45) is 3.90. The molecule has 0 radical (unpaired) electrons. The summed E-state index contributed by atoms with van der Waals surface area (Å²) < 4.78 is 39.0. The molecular formula is C19H27NaO4S. The molecule has 0 saturated carbocycles. The second kappa shape index (κ2) is 9.38. The first-order valence-electron chi connectivity index (χ1n) is 8.40. The molecule has 134 valence electrons. The SMILES string of the molecule is CCCCCc1cc(S(=O)(=O)O)c2cc(C(C)C)ccc(OC)c1-2.[NaH]. The number of hydrogen-bond donors (Lipinski definition) is 1. The average molecular weight is 374 g/mol. The molecule has 0 aromatic carbocycles. The Morgan fingerprint density at radius 2 is 1.84 bits per heavy atom. The van der Waals surface area contributed by atoms with Crippen molar-refractivity contribution in [3.05, 3.63) is 35.4 Å². The zero-order chi connectivity index (χ0) is 17.9. The normalized spacial score (nSPS) is 11.6. The van der Waals surface area contributed by atoms with Gasteiger partial charge in [0, 0.05) is 11.1 Å². The molecule has 0 fully saturated rings. The van der Waals surface area contributed by atoms with E-state index in [-0.39, 0.29) is 40.4 Å². The van der Waals surface area contributed by atoms with Crippen molar-refractivity contribution in [3.63, 3.8) is 0 Å². The van der Waals surface area contributed by atoms with Gasteiger partial charge in [0.05, 0.1) is 7.11 Å². The predicted molar refractivity (Wildman–Crippen MR) is 104 cm³/mol. The molecule has 0 aromatic rings. The van der Waals surface area contributed by atoms with Crippen LogP contribution in [0.1, 0.15) is 57.1 Å². The van der Waals surface area contributed by atoms with E-state index in [0.717, 1.165) is 42.4 Å². The van der Waals surface area contributed by atoms with Gasteiger partial charge in [-0.15, -0.1) is 0 Å². The minimum absolute atomic E-state index is 0. The van der Waals surface area contributed by atoms with Crippen LogP contribution in [0.3, 0.4) is 0 Å². The molecule has 4 nitrogen and oxygen atoms in total. The Hall–Kier alpha value is -0.590. The van der Waals surface area contributed by atoms with E-state index in [1.54, 1.807) is 13.2 Å². The summed E-state index contributed by atoms with van der Waals surface area (Å²) in [5.41, 5.74) is 3.23. The van der Waals surface area contributed by atoms with Crippen LogP contribution in [-0.2, 0) is 16.5 Å². The zero-order valence-corrected chi connectivity index (χ0v) is 15.6. The fourth-order valence-corrected chi connectivity index (χ4v) is 3.74. The monoisotopic (exact) mass is 374 g/mol. The van der Waals surface area contributed by atoms with Crippen LogP contribution in [0.4, 0.5) is 0 Å². The van der Waals surface area contributed by atoms with Crippen molar-refractivity contribution >= 4 is 39.7 Å². The van der Waals surface area contributed by atoms with Gasteiger partial charge in [-0.1, -0.05) is 39.7 Å². The van der Waals surface area contributed by atoms with E-state index in [4.69, 9.17) is 4.74 Å². The molecule has 2 rings (SSSR count). The number of rotatable bonds is 7. The molecule has 0 aromatic heterocycles. The first-order chi connectivity index (χ1) is 11.3. The van der Waals surface area contributed by atoms with Gasteiger partial charge in [0.25, 0.3) is 10.1 Å². The summed E-state index contributed by atoms with van der Waals surface area (Å²) in [7, 11) is -2.71. The van der Waals surface area contributed by atoms with E-state index in [2.05, 4.69) is 6.92 Å². The third kappa shape index (κ3) is 5.20. The number of aryl methyl sites for hydroxylation is 1. The van der Waals surface area contributed by atoms with E-state index >= 15 is 0 Å². The van der Waals surface area contributed by atoms with Crippen LogP contribution in [0.15, 0.2) is 29.2 Å². The Labute approximate surface area is 173 Å². The second-order valence-electron chi connectivity index (χ2n) is 6.46. The molecule has 0 aliphatic heterocycles. The van der Waals surface area contributed by atoms with Crippen LogP contribution in [0.25, 0.3) is 11.1 Å². The third-order valence-electron chi connectivity index (χ3n) is 4.36. The maximum atomic E-state index is 11.9. The van der Waals surface area contributed by atoms with Crippen LogP contribution in [0.2, 0.25) is 0 Å². The Bertz CT molecular complexity index is 784. The molecule has 1 N–H and O–H groups in total. The van der Waals surface area contributed by atoms with Gasteiger partial charge in [0.2, 0.25) is 0 Å². The molecule has 0 atom stereocenters. The van der Waals surface area contributed by atoms with Gasteiger partial charge in [0.1, 0.15) is 10.6 Å². The molecule has 0 spiro atoms. The first-order valence-corrected chi connectivity index (χ1v) is 9.84. The van der Waals surface area contributed by atoms with Crippen LogP contribution in [0, 0.1) is 0 Å². The molecule has 2 aliphatic rings. The van der Waals surface area contributed by atoms with E-state index in [1.807, 2.05) is 32.0 Å². The van der Waals surface area contributed by atoms with Crippen molar-refractivity contribution in [3.8, 4) is 16.9 Å². The maximum absolute atomic E-state index is 11.9. The van der Waals surface area contributed by atoms with Gasteiger partial charge in [-0.25, -0.2) is 0 Å². The van der Waals surface area contributed by atoms with Gasteiger partial charge in [-0.2, -0.15) is 8.42 Å². The van der Waals surface area contributed by atoms with Gasteiger partial charge in [-0.3, -0.25) is 4.55 Å². The number of unbranched alkanes of at least 4 members (excludes halogenated alkanes) is 2. The molecule has 0 bridgehead atoms. The summed E-state index contributed by atoms with van der Waals surface area (Å²) in [6, 6.07) is 7.29. The van der Waals surface area contributed by atoms with Gasteiger partial charge in [0.15, 0.2) is 0 Å². The van der Waals surface area contributed by atoms with Crippen molar-refractivity contribution < 1.29 is 17.7 Å². The summed E-state index contributed by atoms with van der Waals surface area (Å²) >= 11 is 0. The topological polar surface area (TPSA) is 63.6 Å². The number of methoxy groups -OCH3 is 1. The van der Waals surface area contributed by atoms with E-state index < -0.39 is 10.1 Å². The summed E-state index contributed by atoms with van der Waals surface area (Å²) in [5, 5.41) is 0. The first kappa shape index (κ1) is 22.5. The molecule has 0 unspecified atom stereocenters. The van der Waals surface area contributed by atoms with E-state index in [1.165, 1.54) is 0 Å². The summed E-state index contributed by atoms with van der Waals surface area (Å²) in [4.78, 5) is -0.0274.